The van der Waals surface area contributed by atoms with Crippen molar-refractivity contribution in [3.05, 3.63) is 0 Å². The van der Waals surface area contributed by atoms with Crippen LogP contribution in [0.1, 0.15) is 66.2 Å². The van der Waals surface area contributed by atoms with Crippen LogP contribution in [-0.2, 0) is 0 Å². The van der Waals surface area contributed by atoms with Gasteiger partial charge in [-0.05, 0) is 50.7 Å². The minimum atomic E-state index is 0.619. The summed E-state index contributed by atoms with van der Waals surface area (Å²) in [5.41, 5.74) is 0.619. The summed E-state index contributed by atoms with van der Waals surface area (Å²) in [7, 11) is 0. The predicted molar refractivity (Wildman–Crippen MR) is 81.1 cm³/mol. The lowest BCUT2D eigenvalue weighted by atomic mass is 9.78. The topological polar surface area (TPSA) is 15.3 Å². The average Bonchev–Trinajstić information content (AvgIpc) is 2.39. The maximum absolute atomic E-state index is 3.71. The minimum absolute atomic E-state index is 0.619. The van der Waals surface area contributed by atoms with Gasteiger partial charge in [0.05, 0.1) is 0 Å². The first kappa shape index (κ1) is 16.0. The fourth-order valence-corrected chi connectivity index (χ4v) is 2.90. The summed E-state index contributed by atoms with van der Waals surface area (Å²) in [6.45, 7) is 14.4. The van der Waals surface area contributed by atoms with E-state index >= 15 is 0 Å². The molecule has 0 aliphatic carbocycles. The van der Waals surface area contributed by atoms with Crippen LogP contribution in [0.4, 0.5) is 0 Å². The number of hydrogen-bond acceptors (Lipinski definition) is 2. The van der Waals surface area contributed by atoms with Gasteiger partial charge >= 0.3 is 0 Å². The lowest BCUT2D eigenvalue weighted by Gasteiger charge is -2.40. The largest absolute Gasteiger partial charge is 0.313 e. The molecule has 1 atom stereocenters. The highest BCUT2D eigenvalue weighted by Crippen LogP contribution is 2.33. The molecule has 0 radical (unpaired) electrons. The van der Waals surface area contributed by atoms with E-state index in [0.29, 0.717) is 11.5 Å². The van der Waals surface area contributed by atoms with Crippen molar-refractivity contribution in [3.8, 4) is 0 Å². The van der Waals surface area contributed by atoms with Crippen molar-refractivity contribution < 1.29 is 0 Å². The number of rotatable bonds is 8. The van der Waals surface area contributed by atoms with E-state index in [2.05, 4.69) is 37.9 Å². The molecule has 1 aliphatic rings. The van der Waals surface area contributed by atoms with Crippen LogP contribution in [0.25, 0.3) is 0 Å². The molecular formula is C16H34N2. The van der Waals surface area contributed by atoms with E-state index in [1.165, 1.54) is 64.7 Å². The highest BCUT2D eigenvalue weighted by atomic mass is 15.2. The maximum Gasteiger partial charge on any atom is 0.0194 e. The zero-order chi connectivity index (χ0) is 13.4. The molecule has 1 saturated heterocycles. The molecule has 1 fully saturated rings. The quantitative estimate of drug-likeness (QED) is 0.711. The number of piperidine rings is 1. The first-order chi connectivity index (χ1) is 8.63. The second kappa shape index (κ2) is 8.16. The van der Waals surface area contributed by atoms with Crippen LogP contribution in [0.15, 0.2) is 0 Å². The zero-order valence-corrected chi connectivity index (χ0v) is 13.1. The number of nitrogens with zero attached hydrogens (tertiary/aromatic N) is 1. The summed E-state index contributed by atoms with van der Waals surface area (Å²) >= 11 is 0. The molecule has 18 heavy (non-hydrogen) atoms. The third-order valence-electron chi connectivity index (χ3n) is 4.72. The summed E-state index contributed by atoms with van der Waals surface area (Å²) in [5.74, 6) is 0. The van der Waals surface area contributed by atoms with Crippen molar-refractivity contribution in [1.29, 1.82) is 0 Å². The van der Waals surface area contributed by atoms with E-state index in [1.54, 1.807) is 0 Å². The van der Waals surface area contributed by atoms with Crippen LogP contribution < -0.4 is 5.32 Å². The van der Waals surface area contributed by atoms with Crippen LogP contribution in [0.2, 0.25) is 0 Å². The minimum Gasteiger partial charge on any atom is -0.313 e. The Hall–Kier alpha value is -0.0800. The molecule has 1 rings (SSSR count). The molecule has 0 spiro atoms. The van der Waals surface area contributed by atoms with E-state index in [-0.39, 0.29) is 0 Å². The summed E-state index contributed by atoms with van der Waals surface area (Å²) in [6, 6.07) is 0.709. The lowest BCUT2D eigenvalue weighted by molar-refractivity contribution is 0.105. The Morgan fingerprint density at radius 1 is 1.11 bits per heavy atom. The van der Waals surface area contributed by atoms with Gasteiger partial charge in [0, 0.05) is 12.6 Å². The number of hydrogen-bond donors (Lipinski definition) is 1. The Bertz CT molecular complexity index is 207. The second-order valence-corrected chi connectivity index (χ2v) is 6.40. The molecule has 1 heterocycles. The van der Waals surface area contributed by atoms with E-state index in [0.717, 1.165) is 0 Å². The highest BCUT2D eigenvalue weighted by molar-refractivity contribution is 4.83. The van der Waals surface area contributed by atoms with Crippen molar-refractivity contribution >= 4 is 0 Å². The molecule has 108 valence electrons. The molecule has 0 aromatic rings. The Morgan fingerprint density at radius 3 is 2.28 bits per heavy atom. The summed E-state index contributed by atoms with van der Waals surface area (Å²) < 4.78 is 0. The van der Waals surface area contributed by atoms with Gasteiger partial charge in [-0.25, -0.2) is 0 Å². The van der Waals surface area contributed by atoms with Crippen LogP contribution in [0, 0.1) is 5.41 Å². The zero-order valence-electron chi connectivity index (χ0n) is 13.1. The third-order valence-corrected chi connectivity index (χ3v) is 4.72. The number of nitrogens with one attached hydrogen (secondary N) is 1. The normalized spacial score (nSPS) is 22.0. The Balaban J connectivity index is 2.32. The van der Waals surface area contributed by atoms with Gasteiger partial charge in [-0.1, -0.05) is 40.5 Å². The molecule has 0 bridgehead atoms. The van der Waals surface area contributed by atoms with Gasteiger partial charge in [0.25, 0.3) is 0 Å². The fourth-order valence-electron chi connectivity index (χ4n) is 2.90. The Morgan fingerprint density at radius 2 is 1.78 bits per heavy atom. The van der Waals surface area contributed by atoms with Crippen molar-refractivity contribution in [2.45, 2.75) is 72.3 Å². The molecule has 0 aromatic heterocycles. The Kier molecular flexibility index (Phi) is 7.25. The van der Waals surface area contributed by atoms with Crippen LogP contribution >= 0.6 is 0 Å². The summed E-state index contributed by atoms with van der Waals surface area (Å²) in [4.78, 5) is 2.68. The molecule has 1 aliphatic heterocycles. The van der Waals surface area contributed by atoms with Crippen molar-refractivity contribution in [2.75, 3.05) is 26.2 Å². The van der Waals surface area contributed by atoms with E-state index in [4.69, 9.17) is 0 Å². The van der Waals surface area contributed by atoms with Crippen LogP contribution in [0.5, 0.6) is 0 Å². The molecule has 0 amide bonds. The lowest BCUT2D eigenvalue weighted by Crippen LogP contribution is -2.46. The standard InChI is InChI=1S/C16H34N2/c1-5-8-15(17-11-6-2)14-18-12-9-16(4,7-3)10-13-18/h15,17H,5-14H2,1-4H3. The molecule has 1 N–H and O–H groups in total. The first-order valence-electron chi connectivity index (χ1n) is 8.09. The average molecular weight is 254 g/mol. The molecule has 0 saturated carbocycles. The maximum atomic E-state index is 3.71. The first-order valence-corrected chi connectivity index (χ1v) is 8.09. The fraction of sp³-hybridized carbons (Fsp3) is 1.00. The van der Waals surface area contributed by atoms with Crippen LogP contribution in [-0.4, -0.2) is 37.1 Å². The monoisotopic (exact) mass is 254 g/mol. The smallest absolute Gasteiger partial charge is 0.0194 e. The SMILES string of the molecule is CCCNC(CCC)CN1CCC(C)(CC)CC1. The molecule has 0 aromatic carbocycles. The van der Waals surface area contributed by atoms with Crippen molar-refractivity contribution in [3.63, 3.8) is 0 Å². The Labute approximate surface area is 115 Å². The second-order valence-electron chi connectivity index (χ2n) is 6.40. The van der Waals surface area contributed by atoms with E-state index in [9.17, 15) is 0 Å². The van der Waals surface area contributed by atoms with Gasteiger partial charge in [0.1, 0.15) is 0 Å². The van der Waals surface area contributed by atoms with Gasteiger partial charge in [-0.3, -0.25) is 0 Å². The number of likely N-dealkylation sites (tertiary alicyclic amines) is 1. The van der Waals surface area contributed by atoms with Gasteiger partial charge < -0.3 is 10.2 Å². The van der Waals surface area contributed by atoms with Gasteiger partial charge in [0.2, 0.25) is 0 Å². The van der Waals surface area contributed by atoms with E-state index < -0.39 is 0 Å². The highest BCUT2D eigenvalue weighted by Gasteiger charge is 2.28. The molecule has 2 heteroatoms. The van der Waals surface area contributed by atoms with E-state index in [1.807, 2.05) is 0 Å². The third kappa shape index (κ3) is 5.27. The molecule has 1 unspecified atom stereocenters. The van der Waals surface area contributed by atoms with Crippen molar-refractivity contribution in [2.24, 2.45) is 5.41 Å². The molecule has 2 nitrogen and oxygen atoms in total. The summed E-state index contributed by atoms with van der Waals surface area (Å²) in [6.07, 6.45) is 7.97. The molecular weight excluding hydrogens is 220 g/mol. The van der Waals surface area contributed by atoms with Gasteiger partial charge in [-0.2, -0.15) is 0 Å². The van der Waals surface area contributed by atoms with Crippen LogP contribution in [0.3, 0.4) is 0 Å². The summed E-state index contributed by atoms with van der Waals surface area (Å²) in [5, 5.41) is 3.71. The van der Waals surface area contributed by atoms with Crippen molar-refractivity contribution in [1.82, 2.24) is 10.2 Å². The van der Waals surface area contributed by atoms with Gasteiger partial charge in [0.15, 0.2) is 0 Å². The predicted octanol–water partition coefficient (Wildman–Crippen LogP) is 3.67. The van der Waals surface area contributed by atoms with Gasteiger partial charge in [-0.15, -0.1) is 0 Å².